The lowest BCUT2D eigenvalue weighted by Crippen LogP contribution is -2.40. The number of ether oxygens (including phenoxy) is 1. The van der Waals surface area contributed by atoms with Crippen LogP contribution in [0.4, 0.5) is 19.1 Å². The average Bonchev–Trinajstić information content (AvgIpc) is 3.55. The lowest BCUT2D eigenvalue weighted by Gasteiger charge is -2.34. The molecule has 1 saturated heterocycles. The van der Waals surface area contributed by atoms with Crippen LogP contribution in [0, 0.1) is 5.92 Å². The van der Waals surface area contributed by atoms with Crippen molar-refractivity contribution in [2.45, 2.75) is 44.0 Å². The molecule has 0 radical (unpaired) electrons. The van der Waals surface area contributed by atoms with Gasteiger partial charge in [-0.25, -0.2) is 14.8 Å². The monoisotopic (exact) mass is 498 g/mol. The molecule has 2 aliphatic heterocycles. The van der Waals surface area contributed by atoms with Gasteiger partial charge in [0, 0.05) is 36.4 Å². The van der Waals surface area contributed by atoms with Gasteiger partial charge in [-0.05, 0) is 49.4 Å². The molecule has 0 amide bonds. The Morgan fingerprint density at radius 3 is 2.65 bits per heavy atom. The van der Waals surface area contributed by atoms with Crippen molar-refractivity contribution in [1.29, 1.82) is 0 Å². The highest BCUT2D eigenvalue weighted by atomic mass is 35.5. The molecule has 1 atom stereocenters. The van der Waals surface area contributed by atoms with Crippen molar-refractivity contribution in [2.24, 2.45) is 5.92 Å². The summed E-state index contributed by atoms with van der Waals surface area (Å²) < 4.78 is 37.7. The fraction of sp³-hybridized carbons (Fsp3) is 0.522. The Labute approximate surface area is 200 Å². The maximum absolute atomic E-state index is 10.6. The molecule has 2 aromatic rings. The van der Waals surface area contributed by atoms with Crippen LogP contribution in [0.3, 0.4) is 0 Å². The third-order valence-electron chi connectivity index (χ3n) is 6.24. The zero-order chi connectivity index (χ0) is 24.3. The first-order valence-corrected chi connectivity index (χ1v) is 11.5. The second-order valence-electron chi connectivity index (χ2n) is 9.05. The van der Waals surface area contributed by atoms with Gasteiger partial charge in [0.25, 0.3) is 0 Å². The van der Waals surface area contributed by atoms with Gasteiger partial charge in [-0.1, -0.05) is 23.7 Å². The first-order valence-electron chi connectivity index (χ1n) is 11.1. The molecule has 1 unspecified atom stereocenters. The van der Waals surface area contributed by atoms with Gasteiger partial charge < -0.3 is 15.2 Å². The topological polar surface area (TPSA) is 87.6 Å². The van der Waals surface area contributed by atoms with Crippen molar-refractivity contribution in [2.75, 3.05) is 31.6 Å². The fourth-order valence-corrected chi connectivity index (χ4v) is 4.42. The van der Waals surface area contributed by atoms with Crippen LogP contribution in [0.15, 0.2) is 30.5 Å². The summed E-state index contributed by atoms with van der Waals surface area (Å²) in [6.45, 7) is 5.33. The molecule has 184 valence electrons. The molecule has 7 nitrogen and oxygen atoms in total. The predicted molar refractivity (Wildman–Crippen MR) is 120 cm³/mol. The molecule has 1 saturated carbocycles. The van der Waals surface area contributed by atoms with E-state index in [-0.39, 0.29) is 5.41 Å². The van der Waals surface area contributed by atoms with Crippen LogP contribution in [0.25, 0.3) is 0 Å². The summed E-state index contributed by atoms with van der Waals surface area (Å²) >= 11 is 6.01. The SMILES string of the molecule is Clc1ccc(CN2CCC3(COCc4cnc(NCC5CC5)nc43)C2)cc1.O=C(O)C(F)(F)F. The van der Waals surface area contributed by atoms with E-state index in [1.165, 1.54) is 24.1 Å². The van der Waals surface area contributed by atoms with E-state index in [0.29, 0.717) is 6.61 Å². The van der Waals surface area contributed by atoms with Crippen molar-refractivity contribution in [3.05, 3.63) is 52.3 Å². The molecule has 0 bridgehead atoms. The van der Waals surface area contributed by atoms with Crippen LogP contribution < -0.4 is 5.32 Å². The van der Waals surface area contributed by atoms with Crippen LogP contribution in [-0.4, -0.2) is 58.4 Å². The quantitative estimate of drug-likeness (QED) is 0.637. The zero-order valence-corrected chi connectivity index (χ0v) is 19.2. The van der Waals surface area contributed by atoms with Gasteiger partial charge in [0.1, 0.15) is 0 Å². The van der Waals surface area contributed by atoms with Gasteiger partial charge in [-0.2, -0.15) is 13.2 Å². The minimum atomic E-state index is -5.08. The molecule has 2 fully saturated rings. The zero-order valence-electron chi connectivity index (χ0n) is 18.4. The fourth-order valence-electron chi connectivity index (χ4n) is 4.29. The number of hydrogen-bond donors (Lipinski definition) is 2. The molecule has 34 heavy (non-hydrogen) atoms. The van der Waals surface area contributed by atoms with Gasteiger partial charge in [-0.15, -0.1) is 0 Å². The van der Waals surface area contributed by atoms with Crippen molar-refractivity contribution < 1.29 is 27.8 Å². The van der Waals surface area contributed by atoms with Gasteiger partial charge >= 0.3 is 12.1 Å². The highest BCUT2D eigenvalue weighted by Gasteiger charge is 2.45. The maximum atomic E-state index is 10.6. The number of hydrogen-bond acceptors (Lipinski definition) is 6. The van der Waals surface area contributed by atoms with Gasteiger partial charge in [0.15, 0.2) is 0 Å². The van der Waals surface area contributed by atoms with E-state index >= 15 is 0 Å². The van der Waals surface area contributed by atoms with Crippen LogP contribution in [0.5, 0.6) is 0 Å². The summed E-state index contributed by atoms with van der Waals surface area (Å²) in [6, 6.07) is 8.15. The minimum absolute atomic E-state index is 0.0149. The first kappa shape index (κ1) is 24.7. The molecule has 1 aromatic carbocycles. The van der Waals surface area contributed by atoms with Crippen LogP contribution in [0.1, 0.15) is 36.1 Å². The summed E-state index contributed by atoms with van der Waals surface area (Å²) in [5, 5.41) is 11.3. The number of carboxylic acids is 1. The number of rotatable bonds is 5. The number of nitrogens with one attached hydrogen (secondary N) is 1. The number of carboxylic acid groups (broad SMARTS) is 1. The summed E-state index contributed by atoms with van der Waals surface area (Å²) in [4.78, 5) is 20.9. The number of likely N-dealkylation sites (tertiary alicyclic amines) is 1. The van der Waals surface area contributed by atoms with Crippen LogP contribution >= 0.6 is 11.6 Å². The number of alkyl halides is 3. The normalized spacial score (nSPS) is 22.1. The molecule has 1 spiro atoms. The number of aromatic nitrogens is 2. The molecule has 3 aliphatic rings. The van der Waals surface area contributed by atoms with Gasteiger partial charge in [0.2, 0.25) is 5.95 Å². The highest BCUT2D eigenvalue weighted by Crippen LogP contribution is 2.40. The molecular weight excluding hydrogens is 473 g/mol. The molecule has 3 heterocycles. The lowest BCUT2D eigenvalue weighted by atomic mass is 9.80. The second-order valence-corrected chi connectivity index (χ2v) is 9.49. The number of benzene rings is 1. The molecule has 2 N–H and O–H groups in total. The Bertz CT molecular complexity index is 1020. The Morgan fingerprint density at radius 2 is 2.00 bits per heavy atom. The summed E-state index contributed by atoms with van der Waals surface area (Å²) in [7, 11) is 0. The van der Waals surface area contributed by atoms with Crippen LogP contribution in [0.2, 0.25) is 5.02 Å². The molecule has 1 aliphatic carbocycles. The smallest absolute Gasteiger partial charge is 0.475 e. The van der Waals surface area contributed by atoms with E-state index in [9.17, 15) is 13.2 Å². The Kier molecular flexibility index (Phi) is 7.30. The standard InChI is InChI=1S/C21H25ClN4O.C2HF3O2/c22-18-5-3-16(4-6-18)11-26-8-7-21(13-26)14-27-12-17-10-24-20(25-19(17)21)23-9-15-1-2-15;3-2(4,5)1(6)7/h3-6,10,15H,1-2,7-9,11-14H2,(H,23,24,25);(H,6,7). The Hall–Kier alpha value is -2.43. The minimum Gasteiger partial charge on any atom is -0.475 e. The van der Waals surface area contributed by atoms with E-state index in [1.807, 2.05) is 18.3 Å². The maximum Gasteiger partial charge on any atom is 0.490 e. The van der Waals surface area contributed by atoms with Gasteiger partial charge in [0.05, 0.1) is 24.3 Å². The number of nitrogens with zero attached hydrogens (tertiary/aromatic N) is 3. The first-order chi connectivity index (χ1) is 16.1. The molecule has 5 rings (SSSR count). The number of halogens is 4. The van der Waals surface area contributed by atoms with E-state index in [2.05, 4.69) is 27.3 Å². The third kappa shape index (κ3) is 6.17. The third-order valence-corrected chi connectivity index (χ3v) is 6.50. The van der Waals surface area contributed by atoms with Crippen molar-refractivity contribution in [3.63, 3.8) is 0 Å². The summed E-state index contributed by atoms with van der Waals surface area (Å²) in [6.07, 6.45) is 0.609. The number of carbonyl (C=O) groups is 1. The van der Waals surface area contributed by atoms with Gasteiger partial charge in [-0.3, -0.25) is 4.90 Å². The van der Waals surface area contributed by atoms with E-state index in [0.717, 1.165) is 61.7 Å². The van der Waals surface area contributed by atoms with Crippen molar-refractivity contribution in [3.8, 4) is 0 Å². The number of aliphatic carboxylic acids is 1. The van der Waals surface area contributed by atoms with Crippen molar-refractivity contribution >= 4 is 23.5 Å². The number of anilines is 1. The lowest BCUT2D eigenvalue weighted by molar-refractivity contribution is -0.192. The Balaban J connectivity index is 0.000000344. The Morgan fingerprint density at radius 1 is 1.29 bits per heavy atom. The van der Waals surface area contributed by atoms with E-state index in [4.69, 9.17) is 31.2 Å². The van der Waals surface area contributed by atoms with E-state index < -0.39 is 12.1 Å². The molecule has 1 aromatic heterocycles. The second kappa shape index (κ2) is 10.1. The number of fused-ring (bicyclic) bond motifs is 2. The average molecular weight is 499 g/mol. The molecular formula is C23H26ClF3N4O3. The summed E-state index contributed by atoms with van der Waals surface area (Å²) in [5.41, 5.74) is 3.62. The van der Waals surface area contributed by atoms with Crippen molar-refractivity contribution in [1.82, 2.24) is 14.9 Å². The largest absolute Gasteiger partial charge is 0.490 e. The highest BCUT2D eigenvalue weighted by molar-refractivity contribution is 6.30. The van der Waals surface area contributed by atoms with E-state index in [1.54, 1.807) is 0 Å². The predicted octanol–water partition coefficient (Wildman–Crippen LogP) is 4.26. The molecule has 11 heteroatoms. The summed E-state index contributed by atoms with van der Waals surface area (Å²) in [5.74, 6) is -1.17. The van der Waals surface area contributed by atoms with Crippen LogP contribution in [-0.2, 0) is 28.1 Å².